The second-order valence-corrected chi connectivity index (χ2v) is 9.54. The maximum Gasteiger partial charge on any atom is 0.416 e. The second-order valence-electron chi connectivity index (χ2n) is 9.54. The van der Waals surface area contributed by atoms with E-state index in [0.717, 1.165) is 70.4 Å². The van der Waals surface area contributed by atoms with Gasteiger partial charge in [-0.3, -0.25) is 0 Å². The van der Waals surface area contributed by atoms with Crippen molar-refractivity contribution in [1.29, 1.82) is 0 Å². The highest BCUT2D eigenvalue weighted by molar-refractivity contribution is 5.56. The van der Waals surface area contributed by atoms with Crippen LogP contribution >= 0.6 is 0 Å². The lowest BCUT2D eigenvalue weighted by molar-refractivity contribution is -0.137. The number of nitrogens with one attached hydrogen (secondary N) is 1. The Hall–Kier alpha value is -2.60. The second kappa shape index (κ2) is 9.45. The van der Waals surface area contributed by atoms with E-state index in [-0.39, 0.29) is 23.5 Å². The van der Waals surface area contributed by atoms with Crippen LogP contribution in [-0.4, -0.2) is 71.7 Å². The summed E-state index contributed by atoms with van der Waals surface area (Å²) in [5.74, 6) is -1.79. The van der Waals surface area contributed by atoms with Gasteiger partial charge in [-0.15, -0.1) is 0 Å². The molecule has 12 heteroatoms. The van der Waals surface area contributed by atoms with E-state index in [1.54, 1.807) is 6.07 Å². The molecule has 1 unspecified atom stereocenters. The van der Waals surface area contributed by atoms with E-state index in [0.29, 0.717) is 11.6 Å². The molecule has 3 saturated heterocycles. The average Bonchev–Trinajstić information content (AvgIpc) is 3.26. The number of pyridine rings is 1. The molecule has 3 fully saturated rings. The highest BCUT2D eigenvalue weighted by Crippen LogP contribution is 2.35. The van der Waals surface area contributed by atoms with E-state index in [4.69, 9.17) is 4.74 Å². The molecule has 0 amide bonds. The van der Waals surface area contributed by atoms with Gasteiger partial charge < -0.3 is 19.9 Å². The summed E-state index contributed by atoms with van der Waals surface area (Å²) in [7, 11) is 0. The zero-order valence-corrected chi connectivity index (χ0v) is 19.1. The Morgan fingerprint density at radius 3 is 2.54 bits per heavy atom. The number of halogens is 5. The molecule has 2 aromatic heterocycles. The predicted molar refractivity (Wildman–Crippen MR) is 119 cm³/mol. The van der Waals surface area contributed by atoms with Crippen molar-refractivity contribution in [2.75, 3.05) is 56.2 Å². The van der Waals surface area contributed by atoms with Crippen LogP contribution in [0.15, 0.2) is 24.4 Å². The topological polar surface area (TPSA) is 66.4 Å². The Morgan fingerprint density at radius 1 is 1.06 bits per heavy atom. The first-order chi connectivity index (χ1) is 16.6. The van der Waals surface area contributed by atoms with Gasteiger partial charge in [0.1, 0.15) is 11.6 Å². The maximum atomic E-state index is 13.5. The molecule has 2 aromatic rings. The quantitative estimate of drug-likeness (QED) is 0.596. The summed E-state index contributed by atoms with van der Waals surface area (Å²) in [6, 6.07) is 3.46. The van der Waals surface area contributed by atoms with Gasteiger partial charge in [0.2, 0.25) is 5.95 Å². The molecule has 5 rings (SSSR count). The first kappa shape index (κ1) is 24.1. The molecule has 1 atom stereocenters. The van der Waals surface area contributed by atoms with Crippen LogP contribution in [0.25, 0.3) is 0 Å². The van der Waals surface area contributed by atoms with E-state index < -0.39 is 30.8 Å². The van der Waals surface area contributed by atoms with Crippen LogP contribution in [0.5, 0.6) is 0 Å². The van der Waals surface area contributed by atoms with Crippen LogP contribution in [0.2, 0.25) is 0 Å². The van der Waals surface area contributed by atoms with E-state index in [9.17, 15) is 22.0 Å². The fourth-order valence-corrected chi connectivity index (χ4v) is 4.86. The summed E-state index contributed by atoms with van der Waals surface area (Å²) < 4.78 is 71.8. The van der Waals surface area contributed by atoms with Crippen molar-refractivity contribution in [3.8, 4) is 0 Å². The van der Waals surface area contributed by atoms with Crippen LogP contribution in [0, 0.1) is 5.92 Å². The number of hydrogen-bond donors (Lipinski definition) is 1. The number of anilines is 3. The van der Waals surface area contributed by atoms with Gasteiger partial charge in [-0.2, -0.15) is 18.2 Å². The summed E-state index contributed by atoms with van der Waals surface area (Å²) in [6.07, 6.45) is -0.505. The zero-order chi connectivity index (χ0) is 24.6. The summed E-state index contributed by atoms with van der Waals surface area (Å²) >= 11 is 0. The summed E-state index contributed by atoms with van der Waals surface area (Å²) in [4.78, 5) is 16.6. The number of likely N-dealkylation sites (tertiary alicyclic amines) is 1. The van der Waals surface area contributed by atoms with Gasteiger partial charge in [0.05, 0.1) is 24.3 Å². The molecule has 7 nitrogen and oxygen atoms in total. The highest BCUT2D eigenvalue weighted by atomic mass is 19.4. The number of alkyl halides is 5. The lowest BCUT2D eigenvalue weighted by atomic mass is 10.00. The van der Waals surface area contributed by atoms with Crippen LogP contribution < -0.4 is 10.2 Å². The van der Waals surface area contributed by atoms with Crippen LogP contribution in [0.4, 0.5) is 39.5 Å². The molecule has 0 radical (unpaired) electrons. The van der Waals surface area contributed by atoms with Crippen molar-refractivity contribution < 1.29 is 26.7 Å². The average molecular weight is 499 g/mol. The lowest BCUT2D eigenvalue weighted by Crippen LogP contribution is -2.57. The Bertz CT molecular complexity index is 1040. The standard InChI is InChI=1S/C23H27F5N6O/c24-22(25)13-34(14-22)21-30-18(16-2-6-33(12-16)11-15-3-7-35-8-4-15)10-20(32-21)31-19-9-17(1-5-29-19)23(26,27)28/h1,5,9-10,15-16H,2-4,6-8,11-14H2,(H,29,30,31,32). The molecule has 0 aromatic carbocycles. The molecular weight excluding hydrogens is 471 g/mol. The largest absolute Gasteiger partial charge is 0.416 e. The fourth-order valence-electron chi connectivity index (χ4n) is 4.86. The van der Waals surface area contributed by atoms with Gasteiger partial charge in [-0.25, -0.2) is 18.7 Å². The van der Waals surface area contributed by atoms with Gasteiger partial charge in [0.15, 0.2) is 0 Å². The van der Waals surface area contributed by atoms with Gasteiger partial charge in [-0.05, 0) is 43.9 Å². The number of hydrogen-bond acceptors (Lipinski definition) is 7. The summed E-state index contributed by atoms with van der Waals surface area (Å²) in [5, 5.41) is 2.82. The van der Waals surface area contributed by atoms with Gasteiger partial charge in [0, 0.05) is 44.5 Å². The number of ether oxygens (including phenoxy) is 1. The van der Waals surface area contributed by atoms with Crippen molar-refractivity contribution in [3.63, 3.8) is 0 Å². The Kier molecular flexibility index (Phi) is 6.51. The Morgan fingerprint density at radius 2 is 1.83 bits per heavy atom. The third-order valence-electron chi connectivity index (χ3n) is 6.75. The first-order valence-corrected chi connectivity index (χ1v) is 11.8. The zero-order valence-electron chi connectivity index (χ0n) is 19.1. The third kappa shape index (κ3) is 5.80. The van der Waals surface area contributed by atoms with Crippen molar-refractivity contribution in [1.82, 2.24) is 19.9 Å². The van der Waals surface area contributed by atoms with Crippen LogP contribution in [-0.2, 0) is 10.9 Å². The van der Waals surface area contributed by atoms with Crippen LogP contribution in [0.3, 0.4) is 0 Å². The predicted octanol–water partition coefficient (Wildman–Crippen LogP) is 4.31. The smallest absolute Gasteiger partial charge is 0.381 e. The van der Waals surface area contributed by atoms with Gasteiger partial charge in [0.25, 0.3) is 5.92 Å². The molecule has 5 heterocycles. The maximum absolute atomic E-state index is 13.5. The van der Waals surface area contributed by atoms with Gasteiger partial charge in [-0.1, -0.05) is 0 Å². The van der Waals surface area contributed by atoms with Crippen molar-refractivity contribution in [2.24, 2.45) is 5.92 Å². The Labute approximate surface area is 199 Å². The molecule has 0 spiro atoms. The monoisotopic (exact) mass is 498 g/mol. The molecular formula is C23H27F5N6O. The Balaban J connectivity index is 1.35. The number of rotatable bonds is 6. The third-order valence-corrected chi connectivity index (χ3v) is 6.75. The SMILES string of the molecule is FC1(F)CN(c2nc(Nc3cc(C(F)(F)F)ccn3)cc(C3CCN(CC4CCOCC4)C3)n2)C1. The van der Waals surface area contributed by atoms with Crippen LogP contribution in [0.1, 0.15) is 36.4 Å². The minimum Gasteiger partial charge on any atom is -0.381 e. The normalized spacial score (nSPS) is 23.3. The summed E-state index contributed by atoms with van der Waals surface area (Å²) in [5.41, 5.74) is -0.152. The molecule has 3 aliphatic rings. The van der Waals surface area contributed by atoms with E-state index in [1.807, 2.05) is 0 Å². The fraction of sp³-hybridized carbons (Fsp3) is 0.609. The first-order valence-electron chi connectivity index (χ1n) is 11.8. The number of nitrogens with zero attached hydrogens (tertiary/aromatic N) is 5. The minimum atomic E-state index is -4.51. The molecule has 0 saturated carbocycles. The summed E-state index contributed by atoms with van der Waals surface area (Å²) in [6.45, 7) is 3.27. The van der Waals surface area contributed by atoms with Crippen molar-refractivity contribution >= 4 is 17.6 Å². The lowest BCUT2D eigenvalue weighted by Gasteiger charge is -2.38. The highest BCUT2D eigenvalue weighted by Gasteiger charge is 2.45. The van der Waals surface area contributed by atoms with E-state index >= 15 is 0 Å². The molecule has 35 heavy (non-hydrogen) atoms. The molecule has 3 aliphatic heterocycles. The van der Waals surface area contributed by atoms with E-state index in [2.05, 4.69) is 25.2 Å². The number of aromatic nitrogens is 3. The molecule has 0 bridgehead atoms. The van der Waals surface area contributed by atoms with Crippen molar-refractivity contribution in [2.45, 2.75) is 37.3 Å². The van der Waals surface area contributed by atoms with E-state index in [1.165, 1.54) is 4.90 Å². The molecule has 0 aliphatic carbocycles. The van der Waals surface area contributed by atoms with Gasteiger partial charge >= 0.3 is 6.18 Å². The molecule has 1 N–H and O–H groups in total. The molecule has 190 valence electrons. The minimum absolute atomic E-state index is 0.0306. The van der Waals surface area contributed by atoms with Crippen molar-refractivity contribution in [3.05, 3.63) is 35.7 Å².